The van der Waals surface area contributed by atoms with Crippen LogP contribution in [0, 0.1) is 0 Å². The van der Waals surface area contributed by atoms with Crippen molar-refractivity contribution in [2.45, 2.75) is 13.0 Å². The van der Waals surface area contributed by atoms with Crippen molar-refractivity contribution < 1.29 is 9.53 Å². The molecular weight excluding hydrogens is 224 g/mol. The van der Waals surface area contributed by atoms with E-state index in [-0.39, 0.29) is 17.9 Å². The molecule has 1 aliphatic rings. The number of rotatable bonds is 3. The number of aromatic amines is 1. The fourth-order valence-electron chi connectivity index (χ4n) is 1.65. The third kappa shape index (κ3) is 2.84. The van der Waals surface area contributed by atoms with Crippen LogP contribution in [0.1, 0.15) is 6.92 Å². The SMILES string of the molecule is CC(Nc1n[nH]c(N)n1)C(=O)N1CCOCC1. The Labute approximate surface area is 98.5 Å². The van der Waals surface area contributed by atoms with Gasteiger partial charge in [0.15, 0.2) is 0 Å². The van der Waals surface area contributed by atoms with E-state index in [0.29, 0.717) is 32.3 Å². The van der Waals surface area contributed by atoms with Gasteiger partial charge in [0.05, 0.1) is 13.2 Å². The van der Waals surface area contributed by atoms with Gasteiger partial charge in [0.25, 0.3) is 0 Å². The van der Waals surface area contributed by atoms with Gasteiger partial charge < -0.3 is 20.7 Å². The molecule has 8 heteroatoms. The van der Waals surface area contributed by atoms with E-state index >= 15 is 0 Å². The summed E-state index contributed by atoms with van der Waals surface area (Å²) >= 11 is 0. The summed E-state index contributed by atoms with van der Waals surface area (Å²) in [7, 11) is 0. The van der Waals surface area contributed by atoms with Gasteiger partial charge in [-0.05, 0) is 6.92 Å². The average molecular weight is 240 g/mol. The van der Waals surface area contributed by atoms with Crippen LogP contribution in [-0.2, 0) is 9.53 Å². The first-order chi connectivity index (χ1) is 8.16. The van der Waals surface area contributed by atoms with E-state index in [0.717, 1.165) is 0 Å². The number of hydrogen-bond donors (Lipinski definition) is 3. The lowest BCUT2D eigenvalue weighted by atomic mass is 10.2. The molecule has 0 aliphatic carbocycles. The predicted molar refractivity (Wildman–Crippen MR) is 61.3 cm³/mol. The summed E-state index contributed by atoms with van der Waals surface area (Å²) in [5.74, 6) is 0.562. The second-order valence-corrected chi connectivity index (χ2v) is 3.85. The summed E-state index contributed by atoms with van der Waals surface area (Å²) in [6, 6.07) is -0.386. The van der Waals surface area contributed by atoms with Gasteiger partial charge in [-0.3, -0.25) is 4.79 Å². The molecule has 0 saturated carbocycles. The van der Waals surface area contributed by atoms with E-state index in [1.165, 1.54) is 0 Å². The second-order valence-electron chi connectivity index (χ2n) is 3.85. The largest absolute Gasteiger partial charge is 0.378 e. The molecule has 4 N–H and O–H groups in total. The zero-order chi connectivity index (χ0) is 12.3. The molecule has 0 radical (unpaired) electrons. The molecule has 1 saturated heterocycles. The minimum atomic E-state index is -0.386. The number of hydrogen-bond acceptors (Lipinski definition) is 6. The van der Waals surface area contributed by atoms with E-state index in [1.807, 2.05) is 0 Å². The van der Waals surface area contributed by atoms with Crippen LogP contribution in [-0.4, -0.2) is 58.3 Å². The highest BCUT2D eigenvalue weighted by Crippen LogP contribution is 2.06. The van der Waals surface area contributed by atoms with E-state index < -0.39 is 0 Å². The molecule has 17 heavy (non-hydrogen) atoms. The first-order valence-corrected chi connectivity index (χ1v) is 5.48. The predicted octanol–water partition coefficient (Wildman–Crippen LogP) is -0.954. The molecule has 1 fully saturated rings. The number of ether oxygens (including phenoxy) is 1. The van der Waals surface area contributed by atoms with Crippen molar-refractivity contribution in [3.63, 3.8) is 0 Å². The summed E-state index contributed by atoms with van der Waals surface area (Å²) in [4.78, 5) is 17.7. The van der Waals surface area contributed by atoms with Crippen molar-refractivity contribution in [3.8, 4) is 0 Å². The van der Waals surface area contributed by atoms with Gasteiger partial charge in [0.1, 0.15) is 6.04 Å². The third-order valence-electron chi connectivity index (χ3n) is 2.54. The Morgan fingerprint density at radius 2 is 2.29 bits per heavy atom. The number of nitrogen functional groups attached to an aromatic ring is 1. The molecule has 1 amide bonds. The summed E-state index contributed by atoms with van der Waals surface area (Å²) in [5.41, 5.74) is 5.39. The molecule has 2 rings (SSSR count). The molecule has 0 aromatic carbocycles. The van der Waals surface area contributed by atoms with Crippen LogP contribution in [0.4, 0.5) is 11.9 Å². The quantitative estimate of drug-likeness (QED) is 0.628. The van der Waals surface area contributed by atoms with Gasteiger partial charge >= 0.3 is 0 Å². The van der Waals surface area contributed by atoms with Gasteiger partial charge in [0.2, 0.25) is 17.8 Å². The summed E-state index contributed by atoms with van der Waals surface area (Å²) in [5, 5.41) is 9.21. The number of amides is 1. The average Bonchev–Trinajstić information content (AvgIpc) is 2.75. The molecule has 1 atom stereocenters. The zero-order valence-electron chi connectivity index (χ0n) is 9.64. The first-order valence-electron chi connectivity index (χ1n) is 5.48. The Balaban J connectivity index is 1.90. The van der Waals surface area contributed by atoms with Crippen LogP contribution in [0.15, 0.2) is 0 Å². The number of anilines is 2. The van der Waals surface area contributed by atoms with Gasteiger partial charge in [-0.15, -0.1) is 5.10 Å². The van der Waals surface area contributed by atoms with Crippen molar-refractivity contribution in [1.29, 1.82) is 0 Å². The highest BCUT2D eigenvalue weighted by atomic mass is 16.5. The van der Waals surface area contributed by atoms with Crippen molar-refractivity contribution >= 4 is 17.8 Å². The van der Waals surface area contributed by atoms with Crippen LogP contribution < -0.4 is 11.1 Å². The fourth-order valence-corrected chi connectivity index (χ4v) is 1.65. The second kappa shape index (κ2) is 5.00. The number of H-pyrrole nitrogens is 1. The van der Waals surface area contributed by atoms with Crippen molar-refractivity contribution in [1.82, 2.24) is 20.1 Å². The number of morpholine rings is 1. The van der Waals surface area contributed by atoms with Gasteiger partial charge in [-0.1, -0.05) is 0 Å². The minimum absolute atomic E-state index is 0.0108. The Kier molecular flexibility index (Phi) is 3.43. The number of nitrogens with zero attached hydrogens (tertiary/aromatic N) is 3. The Bertz CT molecular complexity index is 387. The molecule has 1 aliphatic heterocycles. The molecule has 1 aromatic rings. The van der Waals surface area contributed by atoms with Crippen molar-refractivity contribution in [2.24, 2.45) is 0 Å². The smallest absolute Gasteiger partial charge is 0.245 e. The number of nitrogens with two attached hydrogens (primary N) is 1. The minimum Gasteiger partial charge on any atom is -0.378 e. The Hall–Kier alpha value is -1.83. The highest BCUT2D eigenvalue weighted by molar-refractivity contribution is 5.83. The number of nitrogens with one attached hydrogen (secondary N) is 2. The highest BCUT2D eigenvalue weighted by Gasteiger charge is 2.22. The van der Waals surface area contributed by atoms with Crippen LogP contribution in [0.5, 0.6) is 0 Å². The summed E-state index contributed by atoms with van der Waals surface area (Å²) in [6.07, 6.45) is 0. The van der Waals surface area contributed by atoms with Crippen LogP contribution in [0.25, 0.3) is 0 Å². The van der Waals surface area contributed by atoms with Gasteiger partial charge in [-0.25, -0.2) is 5.10 Å². The number of carbonyl (C=O) groups is 1. The van der Waals surface area contributed by atoms with Crippen LogP contribution in [0.2, 0.25) is 0 Å². The number of carbonyl (C=O) groups excluding carboxylic acids is 1. The maximum absolute atomic E-state index is 12.0. The lowest BCUT2D eigenvalue weighted by molar-refractivity contribution is -0.135. The maximum atomic E-state index is 12.0. The molecule has 94 valence electrons. The van der Waals surface area contributed by atoms with E-state index in [1.54, 1.807) is 11.8 Å². The van der Waals surface area contributed by atoms with Crippen molar-refractivity contribution in [3.05, 3.63) is 0 Å². The van der Waals surface area contributed by atoms with E-state index in [9.17, 15) is 4.79 Å². The molecule has 0 spiro atoms. The van der Waals surface area contributed by atoms with Gasteiger partial charge in [-0.2, -0.15) is 4.98 Å². The summed E-state index contributed by atoms with van der Waals surface area (Å²) in [6.45, 7) is 4.20. The first kappa shape index (κ1) is 11.6. The van der Waals surface area contributed by atoms with Crippen molar-refractivity contribution in [2.75, 3.05) is 37.4 Å². The standard InChI is InChI=1S/C9H16N6O2/c1-6(11-9-12-8(10)13-14-9)7(16)15-2-4-17-5-3-15/h6H,2-5H2,1H3,(H4,10,11,12,13,14). The number of aromatic nitrogens is 3. The van der Waals surface area contributed by atoms with Crippen LogP contribution in [0.3, 0.4) is 0 Å². The lowest BCUT2D eigenvalue weighted by Crippen LogP contribution is -2.47. The zero-order valence-corrected chi connectivity index (χ0v) is 9.64. The molecular formula is C9H16N6O2. The summed E-state index contributed by atoms with van der Waals surface area (Å²) < 4.78 is 5.19. The lowest BCUT2D eigenvalue weighted by Gasteiger charge is -2.29. The fraction of sp³-hybridized carbons (Fsp3) is 0.667. The Morgan fingerprint density at radius 1 is 1.59 bits per heavy atom. The van der Waals surface area contributed by atoms with Crippen LogP contribution >= 0.6 is 0 Å². The molecule has 2 heterocycles. The van der Waals surface area contributed by atoms with E-state index in [2.05, 4.69) is 20.5 Å². The molecule has 0 bridgehead atoms. The monoisotopic (exact) mass is 240 g/mol. The van der Waals surface area contributed by atoms with Gasteiger partial charge in [0, 0.05) is 13.1 Å². The third-order valence-corrected chi connectivity index (χ3v) is 2.54. The van der Waals surface area contributed by atoms with E-state index in [4.69, 9.17) is 10.5 Å². The molecule has 1 unspecified atom stereocenters. The Morgan fingerprint density at radius 3 is 2.88 bits per heavy atom. The normalized spacial score (nSPS) is 17.8. The molecule has 8 nitrogen and oxygen atoms in total. The maximum Gasteiger partial charge on any atom is 0.245 e. The topological polar surface area (TPSA) is 109 Å². The molecule has 1 aromatic heterocycles.